The number of ether oxygens (including phenoxy) is 2. The van der Waals surface area contributed by atoms with Crippen molar-refractivity contribution in [2.45, 2.75) is 226 Å². The molecule has 0 aromatic heterocycles. The summed E-state index contributed by atoms with van der Waals surface area (Å²) < 4.78 is 10.8. The van der Waals surface area contributed by atoms with E-state index in [1.807, 2.05) is 19.0 Å². The fourth-order valence-electron chi connectivity index (χ4n) is 7.31. The minimum Gasteiger partial charge on any atom is -0.481 e. The molecule has 0 rings (SSSR count). The molecule has 7 heteroatoms. The molecule has 1 unspecified atom stereocenters. The van der Waals surface area contributed by atoms with Crippen LogP contribution in [0.25, 0.3) is 0 Å². The van der Waals surface area contributed by atoms with E-state index in [0.717, 1.165) is 77.2 Å². The summed E-state index contributed by atoms with van der Waals surface area (Å²) in [4.78, 5) is 39.7. The number of hydrogen-bond acceptors (Lipinski definition) is 6. The maximum Gasteiger partial charge on any atom is 0.309 e. The van der Waals surface area contributed by atoms with Crippen LogP contribution in [0.1, 0.15) is 220 Å². The number of aliphatic carboxylic acids is 1. The second-order valence-electron chi connectivity index (χ2n) is 17.0. The second-order valence-corrected chi connectivity index (χ2v) is 17.0. The number of hydrogen-bond donors (Lipinski definition) is 1. The molecule has 0 heterocycles. The van der Waals surface area contributed by atoms with Gasteiger partial charge in [-0.2, -0.15) is 0 Å². The van der Waals surface area contributed by atoms with Crippen molar-refractivity contribution in [3.8, 4) is 0 Å². The Hall–Kier alpha value is -2.67. The minimum atomic E-state index is -0.805. The maximum absolute atomic E-state index is 12.9. The van der Waals surface area contributed by atoms with E-state index in [9.17, 15) is 19.5 Å². The van der Waals surface area contributed by atoms with Crippen LogP contribution in [0.5, 0.6) is 0 Å². The van der Waals surface area contributed by atoms with Crippen LogP contribution in [-0.4, -0.2) is 61.3 Å². The number of unbranched alkanes of at least 4 members (excludes halogenated alkanes) is 18. The van der Waals surface area contributed by atoms with Gasteiger partial charge in [0.25, 0.3) is 0 Å². The number of allylic oxidation sites excluding steroid dienone is 8. The number of carboxylic acids is 1. The summed E-state index contributed by atoms with van der Waals surface area (Å²) >= 11 is 0. The van der Waals surface area contributed by atoms with Crippen molar-refractivity contribution >= 4 is 17.9 Å². The quantitative estimate of drug-likeness (QED) is 0.0373. The zero-order chi connectivity index (χ0) is 42.8. The molecule has 1 N–H and O–H groups in total. The van der Waals surface area contributed by atoms with Gasteiger partial charge in [-0.15, -0.1) is 0 Å². The Labute approximate surface area is 357 Å². The second kappa shape index (κ2) is 41.1. The molecular weight excluding hydrogens is 723 g/mol. The van der Waals surface area contributed by atoms with Crippen LogP contribution in [0.4, 0.5) is 0 Å². The molecule has 336 valence electrons. The number of carbonyl (C=O) groups is 3. The molecule has 1 atom stereocenters. The predicted octanol–water partition coefficient (Wildman–Crippen LogP) is 14.5. The van der Waals surface area contributed by atoms with E-state index < -0.39 is 17.5 Å². The van der Waals surface area contributed by atoms with Crippen LogP contribution in [0, 0.1) is 5.41 Å². The highest BCUT2D eigenvalue weighted by Crippen LogP contribution is 2.38. The van der Waals surface area contributed by atoms with Crippen molar-refractivity contribution in [3.05, 3.63) is 48.6 Å². The van der Waals surface area contributed by atoms with Crippen molar-refractivity contribution in [1.82, 2.24) is 4.90 Å². The summed E-state index contributed by atoms with van der Waals surface area (Å²) in [5, 5.41) is 10.6. The van der Waals surface area contributed by atoms with E-state index in [0.29, 0.717) is 32.1 Å². The standard InChI is InChI=1S/C51H91NO6/c1-6-8-10-12-14-16-18-20-22-24-26-28-30-32-34-36-42-51(50(55)56,43-37-35-33-31-29-27-25-23-21-19-17-15-13-11-9-7-2)44-38-40-48(53)57-46-47(3)58-49(54)41-39-45-52(4)5/h14-17,20-23,47H,6-13,18-19,24-46H2,1-5H3,(H,55,56)/b16-14+,17-15+,22-20+,23-21+. The summed E-state index contributed by atoms with van der Waals surface area (Å²) in [6, 6.07) is 0. The molecular formula is C51H91NO6. The molecule has 0 bridgehead atoms. The molecule has 0 aliphatic heterocycles. The molecule has 0 saturated carbocycles. The largest absolute Gasteiger partial charge is 0.481 e. The number of carboxylic acid groups (broad SMARTS) is 1. The number of rotatable bonds is 42. The molecule has 0 aromatic carbocycles. The van der Waals surface area contributed by atoms with Gasteiger partial charge in [-0.25, -0.2) is 0 Å². The lowest BCUT2D eigenvalue weighted by Gasteiger charge is -2.30. The fourth-order valence-corrected chi connectivity index (χ4v) is 7.31. The monoisotopic (exact) mass is 814 g/mol. The number of esters is 2. The highest BCUT2D eigenvalue weighted by molar-refractivity contribution is 5.75. The minimum absolute atomic E-state index is 0.0159. The molecule has 0 fully saturated rings. The van der Waals surface area contributed by atoms with Gasteiger partial charge in [-0.1, -0.05) is 152 Å². The topological polar surface area (TPSA) is 93.1 Å². The van der Waals surface area contributed by atoms with Gasteiger partial charge in [0.05, 0.1) is 5.41 Å². The zero-order valence-electron chi connectivity index (χ0n) is 38.5. The SMILES string of the molecule is CCCCC/C=C/C/C=C/CCCCCCCCC(CCCCCCCC/C=C/C/C=C/CCCCC)(CCCC(=O)OCC(C)OC(=O)CCCN(C)C)C(=O)O. The Morgan fingerprint density at radius 1 is 0.534 bits per heavy atom. The molecule has 0 saturated heterocycles. The third-order valence-electron chi connectivity index (χ3n) is 11.0. The van der Waals surface area contributed by atoms with E-state index in [-0.39, 0.29) is 25.0 Å². The van der Waals surface area contributed by atoms with Crippen LogP contribution in [0.15, 0.2) is 48.6 Å². The maximum atomic E-state index is 12.9. The molecule has 58 heavy (non-hydrogen) atoms. The molecule has 0 aliphatic rings. The van der Waals surface area contributed by atoms with Gasteiger partial charge in [-0.05, 0) is 124 Å². The predicted molar refractivity (Wildman–Crippen MR) is 246 cm³/mol. The van der Waals surface area contributed by atoms with E-state index in [2.05, 4.69) is 62.5 Å². The van der Waals surface area contributed by atoms with Crippen molar-refractivity contribution < 1.29 is 29.0 Å². The summed E-state index contributed by atoms with van der Waals surface area (Å²) in [5.74, 6) is -1.37. The third-order valence-corrected chi connectivity index (χ3v) is 11.0. The van der Waals surface area contributed by atoms with Gasteiger partial charge in [0.1, 0.15) is 12.7 Å². The first-order valence-corrected chi connectivity index (χ1v) is 24.0. The zero-order valence-corrected chi connectivity index (χ0v) is 38.5. The van der Waals surface area contributed by atoms with E-state index in [1.54, 1.807) is 6.92 Å². The fraction of sp³-hybridized carbons (Fsp3) is 0.784. The summed E-state index contributed by atoms with van der Waals surface area (Å²) in [6.07, 6.45) is 49.2. The van der Waals surface area contributed by atoms with Crippen LogP contribution in [0.2, 0.25) is 0 Å². The first-order valence-electron chi connectivity index (χ1n) is 24.0. The van der Waals surface area contributed by atoms with Gasteiger partial charge >= 0.3 is 17.9 Å². The van der Waals surface area contributed by atoms with Gasteiger partial charge in [-0.3, -0.25) is 14.4 Å². The summed E-state index contributed by atoms with van der Waals surface area (Å²) in [6.45, 7) is 7.03. The van der Waals surface area contributed by atoms with Gasteiger partial charge < -0.3 is 19.5 Å². The van der Waals surface area contributed by atoms with E-state index >= 15 is 0 Å². The molecule has 0 aromatic rings. The van der Waals surface area contributed by atoms with Crippen molar-refractivity contribution in [3.63, 3.8) is 0 Å². The molecule has 0 spiro atoms. The lowest BCUT2D eigenvalue weighted by molar-refractivity contribution is -0.158. The van der Waals surface area contributed by atoms with Crippen LogP contribution in [-0.2, 0) is 23.9 Å². The smallest absolute Gasteiger partial charge is 0.309 e. The number of nitrogens with zero attached hydrogens (tertiary/aromatic N) is 1. The average Bonchev–Trinajstić information content (AvgIpc) is 3.19. The Kier molecular flexibility index (Phi) is 39.2. The van der Waals surface area contributed by atoms with Gasteiger partial charge in [0.2, 0.25) is 0 Å². The lowest BCUT2D eigenvalue weighted by atomic mass is 9.74. The highest BCUT2D eigenvalue weighted by Gasteiger charge is 2.37. The Balaban J connectivity index is 4.74. The molecule has 0 radical (unpaired) electrons. The van der Waals surface area contributed by atoms with Gasteiger partial charge in [0.15, 0.2) is 0 Å². The van der Waals surface area contributed by atoms with E-state index in [1.165, 1.54) is 89.9 Å². The van der Waals surface area contributed by atoms with Crippen molar-refractivity contribution in [1.29, 1.82) is 0 Å². The molecule has 0 amide bonds. The van der Waals surface area contributed by atoms with Crippen molar-refractivity contribution in [2.75, 3.05) is 27.2 Å². The lowest BCUT2D eigenvalue weighted by Crippen LogP contribution is -2.31. The third kappa shape index (κ3) is 36.4. The summed E-state index contributed by atoms with van der Waals surface area (Å²) in [5.41, 5.74) is -0.805. The Morgan fingerprint density at radius 3 is 1.36 bits per heavy atom. The first kappa shape index (κ1) is 55.3. The van der Waals surface area contributed by atoms with Gasteiger partial charge in [0, 0.05) is 12.8 Å². The van der Waals surface area contributed by atoms with Crippen LogP contribution >= 0.6 is 0 Å². The molecule has 7 nitrogen and oxygen atoms in total. The first-order chi connectivity index (χ1) is 28.2. The number of carbonyl (C=O) groups excluding carboxylic acids is 2. The van der Waals surface area contributed by atoms with Crippen molar-refractivity contribution in [2.24, 2.45) is 5.41 Å². The van der Waals surface area contributed by atoms with Crippen LogP contribution < -0.4 is 0 Å². The van der Waals surface area contributed by atoms with E-state index in [4.69, 9.17) is 9.47 Å². The Bertz CT molecular complexity index is 1040. The summed E-state index contributed by atoms with van der Waals surface area (Å²) in [7, 11) is 3.93. The average molecular weight is 814 g/mol. The normalized spacial score (nSPS) is 12.9. The Morgan fingerprint density at radius 2 is 0.931 bits per heavy atom. The van der Waals surface area contributed by atoms with Crippen LogP contribution in [0.3, 0.4) is 0 Å². The molecule has 0 aliphatic carbocycles. The highest BCUT2D eigenvalue weighted by atomic mass is 16.6.